The zero-order chi connectivity index (χ0) is 30.2. The van der Waals surface area contributed by atoms with Gasteiger partial charge in [0, 0.05) is 49.9 Å². The van der Waals surface area contributed by atoms with Gasteiger partial charge in [-0.1, -0.05) is 18.2 Å². The molecule has 5 heterocycles. The Morgan fingerprint density at radius 1 is 0.977 bits per heavy atom. The number of imidazole rings is 1. The first-order valence-corrected chi connectivity index (χ1v) is 14.2. The van der Waals surface area contributed by atoms with Gasteiger partial charge < -0.3 is 25.8 Å². The van der Waals surface area contributed by atoms with Crippen molar-refractivity contribution in [3.8, 4) is 5.82 Å². The normalized spacial score (nSPS) is 13.5. The molecule has 1 aliphatic heterocycles. The molecule has 0 bridgehead atoms. The van der Waals surface area contributed by atoms with Gasteiger partial charge >= 0.3 is 0 Å². The number of rotatable bonds is 8. The minimum atomic E-state index is -0.490. The van der Waals surface area contributed by atoms with Crippen molar-refractivity contribution in [3.63, 3.8) is 0 Å². The molecule has 6 aromatic rings. The Balaban J connectivity index is 1.06. The van der Waals surface area contributed by atoms with Gasteiger partial charge in [-0.3, -0.25) is 9.59 Å². The van der Waals surface area contributed by atoms with Gasteiger partial charge in [0.25, 0.3) is 11.5 Å². The summed E-state index contributed by atoms with van der Waals surface area (Å²) in [7, 11) is 0. The molecule has 1 fully saturated rings. The number of anilines is 4. The van der Waals surface area contributed by atoms with Crippen molar-refractivity contribution in [1.82, 2.24) is 34.3 Å². The molecule has 13 heteroatoms. The van der Waals surface area contributed by atoms with Gasteiger partial charge in [-0.05, 0) is 48.5 Å². The van der Waals surface area contributed by atoms with E-state index in [2.05, 4.69) is 58.7 Å². The summed E-state index contributed by atoms with van der Waals surface area (Å²) in [5, 5.41) is 3.66. The first-order valence-electron chi connectivity index (χ1n) is 14.2. The number of carbonyl (C=O) groups excluding carboxylic acids is 1. The Hall–Kier alpha value is -5.98. The van der Waals surface area contributed by atoms with Crippen LogP contribution in [0.4, 0.5) is 23.3 Å². The van der Waals surface area contributed by atoms with Crippen molar-refractivity contribution >= 4 is 51.2 Å². The molecule has 0 aliphatic carbocycles. The summed E-state index contributed by atoms with van der Waals surface area (Å²) >= 11 is 0. The minimum absolute atomic E-state index is 0.211. The van der Waals surface area contributed by atoms with Crippen molar-refractivity contribution in [1.29, 1.82) is 0 Å². The summed E-state index contributed by atoms with van der Waals surface area (Å²) in [6.07, 6.45) is 4.87. The minimum Gasteiger partial charge on any atom is -0.368 e. The van der Waals surface area contributed by atoms with Crippen LogP contribution in [-0.4, -0.2) is 66.4 Å². The van der Waals surface area contributed by atoms with Crippen LogP contribution in [-0.2, 0) is 6.54 Å². The van der Waals surface area contributed by atoms with Gasteiger partial charge in [0.1, 0.15) is 10.9 Å². The van der Waals surface area contributed by atoms with Crippen LogP contribution >= 0.6 is 0 Å². The van der Waals surface area contributed by atoms with E-state index in [4.69, 9.17) is 5.73 Å². The number of H-pyrrole nitrogens is 1. The number of amides is 1. The van der Waals surface area contributed by atoms with Crippen molar-refractivity contribution < 1.29 is 4.79 Å². The lowest BCUT2D eigenvalue weighted by atomic mass is 10.2. The van der Waals surface area contributed by atoms with Crippen molar-refractivity contribution in [2.24, 2.45) is 5.73 Å². The van der Waals surface area contributed by atoms with E-state index in [-0.39, 0.29) is 5.56 Å². The zero-order valence-corrected chi connectivity index (χ0v) is 23.7. The van der Waals surface area contributed by atoms with Crippen LogP contribution in [0, 0.1) is 0 Å². The second-order valence-electron chi connectivity index (χ2n) is 10.4. The molecule has 0 spiro atoms. The molecule has 4 N–H and O–H groups in total. The van der Waals surface area contributed by atoms with Crippen molar-refractivity contribution in [3.05, 3.63) is 102 Å². The predicted molar refractivity (Wildman–Crippen MR) is 170 cm³/mol. The lowest BCUT2D eigenvalue weighted by molar-refractivity contribution is 0.100. The predicted octanol–water partition coefficient (Wildman–Crippen LogP) is 3.21. The smallest absolute Gasteiger partial charge is 0.278 e. The fourth-order valence-electron chi connectivity index (χ4n) is 5.52. The average Bonchev–Trinajstić information content (AvgIpc) is 3.61. The first-order chi connectivity index (χ1) is 21.5. The Morgan fingerprint density at radius 3 is 2.50 bits per heavy atom. The molecule has 220 valence electrons. The van der Waals surface area contributed by atoms with Crippen LogP contribution in [0.15, 0.2) is 90.5 Å². The van der Waals surface area contributed by atoms with Gasteiger partial charge in [-0.15, -0.1) is 6.58 Å². The highest BCUT2D eigenvalue weighted by molar-refractivity contribution is 6.04. The number of aromatic nitrogens is 7. The number of hydrogen-bond donors (Lipinski definition) is 3. The third-order valence-electron chi connectivity index (χ3n) is 7.68. The van der Waals surface area contributed by atoms with Gasteiger partial charge in [-0.25, -0.2) is 24.3 Å². The van der Waals surface area contributed by atoms with Gasteiger partial charge in [0.2, 0.25) is 11.9 Å². The highest BCUT2D eigenvalue weighted by Crippen LogP contribution is 2.25. The number of para-hydroxylation sites is 1. The summed E-state index contributed by atoms with van der Waals surface area (Å²) in [4.78, 5) is 50.9. The summed E-state index contributed by atoms with van der Waals surface area (Å²) in [5.41, 5.74) is 9.48. The molecule has 1 aliphatic rings. The SMILES string of the molecule is C=CCn1c(=O)c2cnc(Nc3ccc(N4CCN(c5nc6c(C(N)=O)cccc6[nH]5)CC4)cc3)nc2n1-c1ccccn1. The molecule has 0 atom stereocenters. The van der Waals surface area contributed by atoms with E-state index < -0.39 is 5.91 Å². The maximum atomic E-state index is 13.1. The second-order valence-corrected chi connectivity index (χ2v) is 10.4. The number of allylic oxidation sites excluding steroid dienone is 1. The Labute approximate surface area is 251 Å². The fraction of sp³-hybridized carbons (Fsp3) is 0.161. The summed E-state index contributed by atoms with van der Waals surface area (Å²) < 4.78 is 3.23. The zero-order valence-electron chi connectivity index (χ0n) is 23.7. The molecule has 4 aromatic heterocycles. The molecule has 44 heavy (non-hydrogen) atoms. The number of primary amides is 1. The molecular weight excluding hydrogens is 558 g/mol. The van der Waals surface area contributed by atoms with Gasteiger partial charge in [0.05, 0.1) is 17.6 Å². The van der Waals surface area contributed by atoms with Crippen LogP contribution in [0.25, 0.3) is 27.9 Å². The fourth-order valence-corrected chi connectivity index (χ4v) is 5.52. The maximum absolute atomic E-state index is 13.1. The molecule has 0 unspecified atom stereocenters. The Morgan fingerprint density at radius 2 is 1.77 bits per heavy atom. The first kappa shape index (κ1) is 26.9. The van der Waals surface area contributed by atoms with Crippen molar-refractivity contribution in [2.45, 2.75) is 6.54 Å². The largest absolute Gasteiger partial charge is 0.368 e. The molecule has 2 aromatic carbocycles. The molecule has 1 amide bonds. The highest BCUT2D eigenvalue weighted by atomic mass is 16.1. The third-order valence-corrected chi connectivity index (χ3v) is 7.68. The van der Waals surface area contributed by atoms with E-state index in [1.807, 2.05) is 36.4 Å². The summed E-state index contributed by atoms with van der Waals surface area (Å²) in [5.74, 6) is 1.19. The van der Waals surface area contributed by atoms with Crippen molar-refractivity contribution in [2.75, 3.05) is 41.3 Å². The number of carbonyl (C=O) groups is 1. The second kappa shape index (κ2) is 11.0. The number of pyridine rings is 1. The number of piperazine rings is 1. The molecule has 13 nitrogen and oxygen atoms in total. The summed E-state index contributed by atoms with van der Waals surface area (Å²) in [6.45, 7) is 7.23. The van der Waals surface area contributed by atoms with Gasteiger partial charge in [-0.2, -0.15) is 4.98 Å². The lowest BCUT2D eigenvalue weighted by Crippen LogP contribution is -2.46. The number of nitrogens with one attached hydrogen (secondary N) is 2. The van der Waals surface area contributed by atoms with Crippen LogP contribution in [0.3, 0.4) is 0 Å². The van der Waals surface area contributed by atoms with E-state index in [1.54, 1.807) is 33.8 Å². The number of nitrogens with two attached hydrogens (primary N) is 1. The number of fused-ring (bicyclic) bond motifs is 2. The number of nitrogens with zero attached hydrogens (tertiary/aromatic N) is 8. The van der Waals surface area contributed by atoms with Crippen LogP contribution in [0.5, 0.6) is 0 Å². The quantitative estimate of drug-likeness (QED) is 0.228. The number of benzene rings is 2. The third kappa shape index (κ3) is 4.79. The maximum Gasteiger partial charge on any atom is 0.278 e. The Bertz CT molecular complexity index is 2050. The van der Waals surface area contributed by atoms with Crippen LogP contribution < -0.4 is 26.4 Å². The van der Waals surface area contributed by atoms with E-state index in [1.165, 1.54) is 6.20 Å². The van der Waals surface area contributed by atoms with Crippen LogP contribution in [0.2, 0.25) is 0 Å². The summed E-state index contributed by atoms with van der Waals surface area (Å²) in [6, 6.07) is 19.0. The van der Waals surface area contributed by atoms with Crippen LogP contribution in [0.1, 0.15) is 10.4 Å². The number of aromatic amines is 1. The Kier molecular flexibility index (Phi) is 6.73. The monoisotopic (exact) mass is 587 g/mol. The lowest BCUT2D eigenvalue weighted by Gasteiger charge is -2.36. The van der Waals surface area contributed by atoms with E-state index in [9.17, 15) is 9.59 Å². The molecule has 1 saturated heterocycles. The van der Waals surface area contributed by atoms with E-state index in [0.29, 0.717) is 40.4 Å². The van der Waals surface area contributed by atoms with E-state index in [0.717, 1.165) is 49.0 Å². The highest BCUT2D eigenvalue weighted by Gasteiger charge is 2.22. The topological polar surface area (TPSA) is 156 Å². The van der Waals surface area contributed by atoms with Gasteiger partial charge in [0.15, 0.2) is 11.5 Å². The molecule has 0 radical (unpaired) electrons. The van der Waals surface area contributed by atoms with E-state index >= 15 is 0 Å². The molecule has 0 saturated carbocycles. The molecular formula is C31H29N11O2. The standard InChI is InChI=1S/C31H29N11O2/c1-2-14-41-29(44)23-19-34-30(38-28(23)42(41)25-8-3-4-13-33-25)35-20-9-11-21(12-10-20)39-15-17-40(18-16-39)31-36-24-7-5-6-22(27(32)43)26(24)37-31/h2-13,19H,1,14-18H2,(H2,32,43)(H,36,37)(H,34,35,38). The number of hydrogen-bond acceptors (Lipinski definition) is 9. The molecule has 7 rings (SSSR count). The average molecular weight is 588 g/mol.